The molecule has 0 bridgehead atoms. The minimum Gasteiger partial charge on any atom is -0.457 e. The van der Waals surface area contributed by atoms with Gasteiger partial charge >= 0.3 is 0 Å². The number of hydrogen-bond acceptors (Lipinski definition) is 3. The van der Waals surface area contributed by atoms with E-state index in [4.69, 9.17) is 4.74 Å². The molecular weight excluding hydrogens is 300 g/mol. The van der Waals surface area contributed by atoms with Gasteiger partial charge in [0.05, 0.1) is 0 Å². The van der Waals surface area contributed by atoms with Gasteiger partial charge in [-0.15, -0.1) is 0 Å². The third kappa shape index (κ3) is 4.59. The monoisotopic (exact) mass is 324 g/mol. The molecule has 3 rings (SSSR count). The highest BCUT2D eigenvalue weighted by atomic mass is 16.5. The fraction of sp³-hybridized carbons (Fsp3) is 0.350. The van der Waals surface area contributed by atoms with Crippen LogP contribution in [0, 0.1) is 5.92 Å². The highest BCUT2D eigenvalue weighted by Crippen LogP contribution is 2.27. The Kier molecular flexibility index (Phi) is 5.49. The van der Waals surface area contributed by atoms with E-state index in [-0.39, 0.29) is 5.91 Å². The summed E-state index contributed by atoms with van der Waals surface area (Å²) >= 11 is 0. The van der Waals surface area contributed by atoms with Gasteiger partial charge in [-0.2, -0.15) is 0 Å². The van der Waals surface area contributed by atoms with Gasteiger partial charge in [0.25, 0.3) is 0 Å². The highest BCUT2D eigenvalue weighted by Gasteiger charge is 2.23. The Bertz CT molecular complexity index is 672. The first-order valence-electron chi connectivity index (χ1n) is 8.48. The first-order chi connectivity index (χ1) is 11.7. The molecule has 1 aliphatic rings. The van der Waals surface area contributed by atoms with E-state index < -0.39 is 0 Å². The van der Waals surface area contributed by atoms with Gasteiger partial charge in [0, 0.05) is 32.1 Å². The summed E-state index contributed by atoms with van der Waals surface area (Å²) in [7, 11) is 0. The first-order valence-corrected chi connectivity index (χ1v) is 8.48. The van der Waals surface area contributed by atoms with Crippen molar-refractivity contribution in [2.24, 2.45) is 5.92 Å². The van der Waals surface area contributed by atoms with Crippen molar-refractivity contribution in [1.29, 1.82) is 0 Å². The van der Waals surface area contributed by atoms with Crippen molar-refractivity contribution >= 4 is 5.91 Å². The van der Waals surface area contributed by atoms with Gasteiger partial charge in [-0.05, 0) is 37.1 Å². The van der Waals surface area contributed by atoms with Crippen LogP contribution >= 0.6 is 0 Å². The summed E-state index contributed by atoms with van der Waals surface area (Å²) < 4.78 is 6.04. The summed E-state index contributed by atoms with van der Waals surface area (Å²) in [5, 5.41) is 2.93. The molecule has 1 aliphatic heterocycles. The number of likely N-dealkylation sites (tertiary alicyclic amines) is 1. The summed E-state index contributed by atoms with van der Waals surface area (Å²) in [6.07, 6.45) is 1.13. The van der Waals surface area contributed by atoms with Gasteiger partial charge in [-0.1, -0.05) is 36.4 Å². The van der Waals surface area contributed by atoms with Gasteiger partial charge in [-0.3, -0.25) is 9.69 Å². The number of nitrogens with one attached hydrogen (secondary N) is 1. The molecule has 1 N–H and O–H groups in total. The van der Waals surface area contributed by atoms with Crippen molar-refractivity contribution in [2.75, 3.05) is 19.6 Å². The third-order valence-corrected chi connectivity index (χ3v) is 4.35. The summed E-state index contributed by atoms with van der Waals surface area (Å²) in [6, 6.07) is 18.1. The van der Waals surface area contributed by atoms with E-state index in [1.54, 1.807) is 6.92 Å². The molecular formula is C20H24N2O2. The molecule has 1 heterocycles. The highest BCUT2D eigenvalue weighted by molar-refractivity contribution is 5.72. The van der Waals surface area contributed by atoms with Crippen LogP contribution in [0.5, 0.6) is 11.5 Å². The molecule has 1 amide bonds. The predicted octanol–water partition coefficient (Wildman–Crippen LogP) is 3.44. The number of benzene rings is 2. The van der Waals surface area contributed by atoms with Crippen LogP contribution in [0.3, 0.4) is 0 Å². The molecule has 24 heavy (non-hydrogen) atoms. The topological polar surface area (TPSA) is 41.6 Å². The zero-order valence-electron chi connectivity index (χ0n) is 14.1. The maximum absolute atomic E-state index is 11.1. The molecule has 2 aromatic carbocycles. The summed E-state index contributed by atoms with van der Waals surface area (Å²) in [4.78, 5) is 13.5. The van der Waals surface area contributed by atoms with Crippen LogP contribution in [0.15, 0.2) is 54.6 Å². The Morgan fingerprint density at radius 1 is 1.17 bits per heavy atom. The van der Waals surface area contributed by atoms with Gasteiger partial charge < -0.3 is 10.1 Å². The number of nitrogens with zero attached hydrogens (tertiary/aromatic N) is 1. The first kappa shape index (κ1) is 16.5. The van der Waals surface area contributed by atoms with E-state index in [9.17, 15) is 4.79 Å². The van der Waals surface area contributed by atoms with Gasteiger partial charge in [0.1, 0.15) is 11.5 Å². The van der Waals surface area contributed by atoms with Crippen molar-refractivity contribution in [2.45, 2.75) is 19.9 Å². The largest absolute Gasteiger partial charge is 0.457 e. The second-order valence-corrected chi connectivity index (χ2v) is 6.35. The fourth-order valence-corrected chi connectivity index (χ4v) is 3.10. The molecule has 0 radical (unpaired) electrons. The number of amides is 1. The average Bonchev–Trinajstić information content (AvgIpc) is 3.03. The molecule has 1 saturated heterocycles. The van der Waals surface area contributed by atoms with Crippen molar-refractivity contribution in [3.8, 4) is 11.5 Å². The molecule has 1 atom stereocenters. The number of para-hydroxylation sites is 2. The minimum absolute atomic E-state index is 0.0510. The molecule has 0 saturated carbocycles. The van der Waals surface area contributed by atoms with Crippen LogP contribution in [0.4, 0.5) is 0 Å². The lowest BCUT2D eigenvalue weighted by Crippen LogP contribution is -2.29. The van der Waals surface area contributed by atoms with E-state index in [0.717, 1.165) is 44.1 Å². The van der Waals surface area contributed by atoms with E-state index in [0.29, 0.717) is 5.92 Å². The molecule has 1 fully saturated rings. The van der Waals surface area contributed by atoms with Crippen molar-refractivity contribution in [3.63, 3.8) is 0 Å². The Morgan fingerprint density at radius 3 is 2.71 bits per heavy atom. The van der Waals surface area contributed by atoms with Crippen LogP contribution in [-0.4, -0.2) is 30.4 Å². The quantitative estimate of drug-likeness (QED) is 0.885. The predicted molar refractivity (Wildman–Crippen MR) is 95.0 cm³/mol. The third-order valence-electron chi connectivity index (χ3n) is 4.35. The Labute approximate surface area is 143 Å². The van der Waals surface area contributed by atoms with Gasteiger partial charge in [-0.25, -0.2) is 0 Å². The molecule has 2 aromatic rings. The summed E-state index contributed by atoms with van der Waals surface area (Å²) in [6.45, 7) is 5.29. The SMILES string of the molecule is CC(=O)NCC1CCN(Cc2ccccc2Oc2ccccc2)C1. The molecule has 1 unspecified atom stereocenters. The molecule has 126 valence electrons. The van der Waals surface area contributed by atoms with Crippen molar-refractivity contribution in [3.05, 3.63) is 60.2 Å². The smallest absolute Gasteiger partial charge is 0.216 e. The van der Waals surface area contributed by atoms with Crippen LogP contribution in [0.25, 0.3) is 0 Å². The lowest BCUT2D eigenvalue weighted by atomic mass is 10.1. The number of rotatable bonds is 6. The van der Waals surface area contributed by atoms with Crippen LogP contribution in [0.2, 0.25) is 0 Å². The molecule has 4 heteroatoms. The second-order valence-electron chi connectivity index (χ2n) is 6.35. The maximum atomic E-state index is 11.1. The maximum Gasteiger partial charge on any atom is 0.216 e. The lowest BCUT2D eigenvalue weighted by Gasteiger charge is -2.18. The number of hydrogen-bond donors (Lipinski definition) is 1. The van der Waals surface area contributed by atoms with Gasteiger partial charge in [0.15, 0.2) is 0 Å². The Balaban J connectivity index is 1.61. The number of ether oxygens (including phenoxy) is 1. The van der Waals surface area contributed by atoms with E-state index >= 15 is 0 Å². The zero-order valence-corrected chi connectivity index (χ0v) is 14.1. The molecule has 0 aliphatic carbocycles. The van der Waals surface area contributed by atoms with Crippen LogP contribution < -0.4 is 10.1 Å². The minimum atomic E-state index is 0.0510. The van der Waals surface area contributed by atoms with E-state index in [2.05, 4.69) is 22.3 Å². The van der Waals surface area contributed by atoms with Crippen molar-refractivity contribution in [1.82, 2.24) is 10.2 Å². The second kappa shape index (κ2) is 7.97. The lowest BCUT2D eigenvalue weighted by molar-refractivity contribution is -0.119. The summed E-state index contributed by atoms with van der Waals surface area (Å²) in [5.41, 5.74) is 1.20. The zero-order chi connectivity index (χ0) is 16.8. The molecule has 0 spiro atoms. The average molecular weight is 324 g/mol. The van der Waals surface area contributed by atoms with Crippen molar-refractivity contribution < 1.29 is 9.53 Å². The Morgan fingerprint density at radius 2 is 1.92 bits per heavy atom. The standard InChI is InChI=1S/C20H24N2O2/c1-16(23)21-13-17-11-12-22(14-17)15-18-7-5-6-10-20(18)24-19-8-3-2-4-9-19/h2-10,17H,11-15H2,1H3,(H,21,23). The summed E-state index contributed by atoms with van der Waals surface area (Å²) in [5.74, 6) is 2.36. The number of carbonyl (C=O) groups is 1. The van der Waals surface area contributed by atoms with E-state index in [1.807, 2.05) is 42.5 Å². The van der Waals surface area contributed by atoms with E-state index in [1.165, 1.54) is 5.56 Å². The van der Waals surface area contributed by atoms with Gasteiger partial charge in [0.2, 0.25) is 5.91 Å². The molecule has 0 aromatic heterocycles. The molecule has 4 nitrogen and oxygen atoms in total. The normalized spacial score (nSPS) is 17.6. The van der Waals surface area contributed by atoms with Crippen LogP contribution in [0.1, 0.15) is 18.9 Å². The Hall–Kier alpha value is -2.33. The number of carbonyl (C=O) groups excluding carboxylic acids is 1. The van der Waals surface area contributed by atoms with Crippen LogP contribution in [-0.2, 0) is 11.3 Å². The fourth-order valence-electron chi connectivity index (χ4n) is 3.10.